The fraction of sp³-hybridized carbons (Fsp3) is 0.182. The molecule has 0 bridgehead atoms. The van der Waals surface area contributed by atoms with Crippen LogP contribution in [0, 0.1) is 5.82 Å². The van der Waals surface area contributed by atoms with Gasteiger partial charge in [0.2, 0.25) is 0 Å². The Balaban J connectivity index is 2.63. The first kappa shape index (κ1) is 11.9. The molecule has 2 aromatic rings. The highest BCUT2D eigenvalue weighted by Crippen LogP contribution is 2.37. The molecule has 2 rings (SSSR count). The van der Waals surface area contributed by atoms with Crippen LogP contribution in [-0.2, 0) is 7.05 Å². The molecule has 0 aliphatic heterocycles. The van der Waals surface area contributed by atoms with E-state index in [0.717, 1.165) is 0 Å². The monoisotopic (exact) mass is 299 g/mol. The lowest BCUT2D eigenvalue weighted by atomic mass is 10.1. The van der Waals surface area contributed by atoms with Crippen LogP contribution in [0.25, 0.3) is 11.3 Å². The maximum Gasteiger partial charge on any atom is 0.145 e. The summed E-state index contributed by atoms with van der Waals surface area (Å²) in [7, 11) is 3.22. The number of hydrogen-bond acceptors (Lipinski definition) is 3. The third kappa shape index (κ3) is 2.00. The van der Waals surface area contributed by atoms with Gasteiger partial charge in [-0.2, -0.15) is 5.10 Å². The number of rotatable bonds is 2. The van der Waals surface area contributed by atoms with Gasteiger partial charge in [0.1, 0.15) is 17.4 Å². The smallest absolute Gasteiger partial charge is 0.145 e. The molecule has 0 atom stereocenters. The maximum atomic E-state index is 13.4. The fourth-order valence-electron chi connectivity index (χ4n) is 1.55. The maximum absolute atomic E-state index is 13.4. The first-order chi connectivity index (χ1) is 8.04. The summed E-state index contributed by atoms with van der Waals surface area (Å²) in [5.74, 6) is 0.556. The Bertz CT molecular complexity index is 549. The summed E-state index contributed by atoms with van der Waals surface area (Å²) in [6.07, 6.45) is 0. The van der Waals surface area contributed by atoms with E-state index in [2.05, 4.69) is 21.0 Å². The van der Waals surface area contributed by atoms with E-state index in [-0.39, 0.29) is 10.3 Å². The van der Waals surface area contributed by atoms with Crippen molar-refractivity contribution in [3.63, 3.8) is 0 Å². The number of ether oxygens (including phenoxy) is 1. The van der Waals surface area contributed by atoms with Crippen molar-refractivity contribution in [2.45, 2.75) is 0 Å². The summed E-state index contributed by atoms with van der Waals surface area (Å²) < 4.78 is 20.4. The minimum absolute atomic E-state index is 0.279. The Morgan fingerprint density at radius 1 is 1.47 bits per heavy atom. The van der Waals surface area contributed by atoms with Gasteiger partial charge >= 0.3 is 0 Å². The van der Waals surface area contributed by atoms with Gasteiger partial charge < -0.3 is 10.5 Å². The lowest BCUT2D eigenvalue weighted by Gasteiger charge is -2.08. The number of benzene rings is 1. The van der Waals surface area contributed by atoms with Crippen LogP contribution in [0.5, 0.6) is 5.75 Å². The number of anilines is 1. The van der Waals surface area contributed by atoms with Gasteiger partial charge in [-0.25, -0.2) is 4.39 Å². The van der Waals surface area contributed by atoms with E-state index in [9.17, 15) is 4.39 Å². The van der Waals surface area contributed by atoms with Gasteiger partial charge in [0.25, 0.3) is 0 Å². The van der Waals surface area contributed by atoms with Gasteiger partial charge in [0.05, 0.1) is 17.3 Å². The third-order valence-electron chi connectivity index (χ3n) is 2.45. The van der Waals surface area contributed by atoms with Crippen LogP contribution in [0.15, 0.2) is 22.7 Å². The molecule has 0 amide bonds. The van der Waals surface area contributed by atoms with Crippen molar-refractivity contribution in [3.05, 3.63) is 28.5 Å². The molecular formula is C11H11BrFN3O. The van der Waals surface area contributed by atoms with E-state index in [0.29, 0.717) is 22.8 Å². The quantitative estimate of drug-likeness (QED) is 0.927. The molecule has 6 heteroatoms. The molecule has 0 unspecified atom stereocenters. The minimum Gasteiger partial charge on any atom is -0.495 e. The predicted molar refractivity (Wildman–Crippen MR) is 67.3 cm³/mol. The number of hydrogen-bond donors (Lipinski definition) is 1. The van der Waals surface area contributed by atoms with Crippen LogP contribution < -0.4 is 10.5 Å². The number of halogens is 2. The standard InChI is InChI=1S/C11H11BrFN3O/c1-16-9(14)5-8(15-16)6-3-4-7(13)10(12)11(6)17-2/h3-5H,14H2,1-2H3. The highest BCUT2D eigenvalue weighted by Gasteiger charge is 2.16. The molecule has 0 saturated carbocycles. The van der Waals surface area contributed by atoms with Crippen LogP contribution in [0.3, 0.4) is 0 Å². The van der Waals surface area contributed by atoms with Crippen LogP contribution in [0.1, 0.15) is 0 Å². The molecule has 2 N–H and O–H groups in total. The van der Waals surface area contributed by atoms with E-state index in [1.165, 1.54) is 13.2 Å². The van der Waals surface area contributed by atoms with Crippen molar-refractivity contribution in [1.29, 1.82) is 0 Å². The number of aromatic nitrogens is 2. The summed E-state index contributed by atoms with van der Waals surface area (Å²) >= 11 is 3.15. The van der Waals surface area contributed by atoms with Crippen LogP contribution >= 0.6 is 15.9 Å². The molecule has 0 radical (unpaired) electrons. The Morgan fingerprint density at radius 3 is 2.71 bits per heavy atom. The van der Waals surface area contributed by atoms with E-state index < -0.39 is 0 Å². The SMILES string of the molecule is COc1c(-c2cc(N)n(C)n2)ccc(F)c1Br. The molecule has 0 aliphatic carbocycles. The molecule has 4 nitrogen and oxygen atoms in total. The number of nitrogens with zero attached hydrogens (tertiary/aromatic N) is 2. The van der Waals surface area contributed by atoms with E-state index >= 15 is 0 Å². The van der Waals surface area contributed by atoms with Gasteiger partial charge in [-0.3, -0.25) is 4.68 Å². The van der Waals surface area contributed by atoms with Crippen molar-refractivity contribution in [2.75, 3.05) is 12.8 Å². The highest BCUT2D eigenvalue weighted by molar-refractivity contribution is 9.10. The van der Waals surface area contributed by atoms with E-state index in [4.69, 9.17) is 10.5 Å². The lowest BCUT2D eigenvalue weighted by molar-refractivity contribution is 0.409. The third-order valence-corrected chi connectivity index (χ3v) is 3.18. The Hall–Kier alpha value is -1.56. The summed E-state index contributed by atoms with van der Waals surface area (Å²) in [6, 6.07) is 4.68. The van der Waals surface area contributed by atoms with Crippen molar-refractivity contribution in [2.24, 2.45) is 7.05 Å². The molecule has 1 aromatic heterocycles. The zero-order valence-corrected chi connectivity index (χ0v) is 11.0. The number of nitrogens with two attached hydrogens (primary N) is 1. The first-order valence-electron chi connectivity index (χ1n) is 4.86. The molecule has 1 aromatic carbocycles. The number of methoxy groups -OCH3 is 1. The molecule has 1 heterocycles. The summed E-state index contributed by atoms with van der Waals surface area (Å²) in [6.45, 7) is 0. The van der Waals surface area contributed by atoms with Crippen molar-refractivity contribution in [3.8, 4) is 17.0 Å². The largest absolute Gasteiger partial charge is 0.495 e. The minimum atomic E-state index is -0.380. The van der Waals surface area contributed by atoms with Crippen LogP contribution in [0.2, 0.25) is 0 Å². The zero-order valence-electron chi connectivity index (χ0n) is 9.37. The molecule has 0 aliphatic rings. The summed E-state index contributed by atoms with van der Waals surface area (Å²) in [5.41, 5.74) is 7.04. The Kier molecular flexibility index (Phi) is 3.06. The van der Waals surface area contributed by atoms with E-state index in [1.807, 2.05) is 0 Å². The van der Waals surface area contributed by atoms with Gasteiger partial charge in [-0.15, -0.1) is 0 Å². The highest BCUT2D eigenvalue weighted by atomic mass is 79.9. The first-order valence-corrected chi connectivity index (χ1v) is 5.65. The topological polar surface area (TPSA) is 53.1 Å². The molecule has 90 valence electrons. The van der Waals surface area contributed by atoms with E-state index in [1.54, 1.807) is 23.9 Å². The number of aryl methyl sites for hydroxylation is 1. The molecular weight excluding hydrogens is 289 g/mol. The molecule has 17 heavy (non-hydrogen) atoms. The Morgan fingerprint density at radius 2 is 2.18 bits per heavy atom. The van der Waals surface area contributed by atoms with Crippen LogP contribution in [-0.4, -0.2) is 16.9 Å². The molecule has 0 fully saturated rings. The second-order valence-corrected chi connectivity index (χ2v) is 4.31. The average molecular weight is 300 g/mol. The normalized spacial score (nSPS) is 10.6. The second kappa shape index (κ2) is 4.37. The molecule has 0 saturated heterocycles. The Labute approximate surface area is 106 Å². The predicted octanol–water partition coefficient (Wildman–Crippen LogP) is 2.58. The number of nitrogen functional groups attached to an aromatic ring is 1. The summed E-state index contributed by atoms with van der Waals surface area (Å²) in [5, 5.41) is 4.23. The van der Waals surface area contributed by atoms with Crippen LogP contribution in [0.4, 0.5) is 10.2 Å². The van der Waals surface area contributed by atoms with Crippen molar-refractivity contribution >= 4 is 21.7 Å². The van der Waals surface area contributed by atoms with Crippen molar-refractivity contribution in [1.82, 2.24) is 9.78 Å². The van der Waals surface area contributed by atoms with Gasteiger partial charge in [-0.05, 0) is 28.1 Å². The lowest BCUT2D eigenvalue weighted by Crippen LogP contribution is -1.97. The summed E-state index contributed by atoms with van der Waals surface area (Å²) in [4.78, 5) is 0. The van der Waals surface area contributed by atoms with Gasteiger partial charge in [0.15, 0.2) is 0 Å². The zero-order chi connectivity index (χ0) is 12.6. The second-order valence-electron chi connectivity index (χ2n) is 3.52. The van der Waals surface area contributed by atoms with Gasteiger partial charge in [-0.1, -0.05) is 0 Å². The van der Waals surface area contributed by atoms with Gasteiger partial charge in [0, 0.05) is 18.7 Å². The van der Waals surface area contributed by atoms with Crippen molar-refractivity contribution < 1.29 is 9.13 Å². The fourth-order valence-corrected chi connectivity index (χ4v) is 2.05. The average Bonchev–Trinajstić information content (AvgIpc) is 2.62. The molecule has 0 spiro atoms.